The lowest BCUT2D eigenvalue weighted by Gasteiger charge is -2.27. The lowest BCUT2D eigenvalue weighted by atomic mass is 10.00. The lowest BCUT2D eigenvalue weighted by Crippen LogP contribution is -2.44. The van der Waals surface area contributed by atoms with E-state index in [9.17, 15) is 23.9 Å². The molecule has 9 heteroatoms. The van der Waals surface area contributed by atoms with Crippen molar-refractivity contribution in [1.82, 2.24) is 10.1 Å². The molecule has 0 aliphatic carbocycles. The van der Waals surface area contributed by atoms with E-state index in [0.29, 0.717) is 22.5 Å². The molecule has 0 spiro atoms. The van der Waals surface area contributed by atoms with Crippen molar-refractivity contribution in [3.63, 3.8) is 0 Å². The highest BCUT2D eigenvalue weighted by Crippen LogP contribution is 2.32. The molecule has 0 radical (unpaired) electrons. The van der Waals surface area contributed by atoms with E-state index in [1.807, 2.05) is 24.3 Å². The second kappa shape index (κ2) is 9.93. The summed E-state index contributed by atoms with van der Waals surface area (Å²) < 4.78 is 18.3. The number of carbonyl (C=O) groups excluding carboxylic acids is 2. The highest BCUT2D eigenvalue weighted by atomic mass is 19.1. The van der Waals surface area contributed by atoms with Crippen LogP contribution in [0.25, 0.3) is 22.4 Å². The summed E-state index contributed by atoms with van der Waals surface area (Å²) in [7, 11) is 0. The number of nitrogens with one attached hydrogen (secondary N) is 1. The molecule has 8 nitrogen and oxygen atoms in total. The molecule has 1 aliphatic rings. The molecule has 5 rings (SSSR count). The lowest BCUT2D eigenvalue weighted by molar-refractivity contribution is -0.144. The Labute approximate surface area is 217 Å². The molecular formula is C29H24FN3O5. The van der Waals surface area contributed by atoms with Crippen LogP contribution in [0.1, 0.15) is 40.3 Å². The smallest absolute Gasteiger partial charge is 0.326 e. The fraction of sp³-hybridized carbons (Fsp3) is 0.172. The van der Waals surface area contributed by atoms with Gasteiger partial charge in [-0.15, -0.1) is 0 Å². The number of carboxylic acids is 1. The van der Waals surface area contributed by atoms with Crippen molar-refractivity contribution < 1.29 is 28.4 Å². The summed E-state index contributed by atoms with van der Waals surface area (Å²) in [6.07, 6.45) is 0. The second-order valence-corrected chi connectivity index (χ2v) is 9.45. The Kier molecular flexibility index (Phi) is 6.50. The number of benzene rings is 3. The van der Waals surface area contributed by atoms with Gasteiger partial charge in [-0.2, -0.15) is 0 Å². The number of carboxylic acid groups (broad SMARTS) is 1. The maximum Gasteiger partial charge on any atom is 0.326 e. The number of amides is 2. The maximum atomic E-state index is 13.1. The largest absolute Gasteiger partial charge is 0.480 e. The van der Waals surface area contributed by atoms with Gasteiger partial charge in [0, 0.05) is 29.4 Å². The Morgan fingerprint density at radius 3 is 2.29 bits per heavy atom. The molecule has 0 fully saturated rings. The molecule has 0 saturated heterocycles. The van der Waals surface area contributed by atoms with E-state index in [0.717, 1.165) is 16.7 Å². The van der Waals surface area contributed by atoms with Crippen molar-refractivity contribution in [3.05, 3.63) is 95.5 Å². The van der Waals surface area contributed by atoms with Crippen LogP contribution in [0.15, 0.2) is 77.3 Å². The van der Waals surface area contributed by atoms with Crippen molar-refractivity contribution in [2.75, 3.05) is 5.32 Å². The van der Waals surface area contributed by atoms with Crippen LogP contribution in [0.4, 0.5) is 10.1 Å². The number of hydrogen-bond donors (Lipinski definition) is 2. The fourth-order valence-electron chi connectivity index (χ4n) is 4.58. The van der Waals surface area contributed by atoms with Gasteiger partial charge in [-0.3, -0.25) is 9.59 Å². The first-order valence-corrected chi connectivity index (χ1v) is 12.0. The van der Waals surface area contributed by atoms with Crippen molar-refractivity contribution in [2.24, 2.45) is 5.92 Å². The van der Waals surface area contributed by atoms with E-state index < -0.39 is 17.9 Å². The number of nitrogens with zero attached hydrogens (tertiary/aromatic N) is 2. The molecule has 2 N–H and O–H groups in total. The minimum atomic E-state index is -1.02. The SMILES string of the molecule is CC(C)C(C(=O)O)N1Cc2ccc(-c3ccc(NC(=O)c4cc(-c5ccc(F)cc5)no4)cc3)cc2C1=O. The van der Waals surface area contributed by atoms with Crippen LogP contribution in [0.5, 0.6) is 0 Å². The van der Waals surface area contributed by atoms with Crippen LogP contribution in [0.2, 0.25) is 0 Å². The van der Waals surface area contributed by atoms with Gasteiger partial charge in [-0.05, 0) is 65.1 Å². The van der Waals surface area contributed by atoms with Gasteiger partial charge in [-0.25, -0.2) is 9.18 Å². The molecule has 1 aliphatic heterocycles. The third-order valence-electron chi connectivity index (χ3n) is 6.51. The van der Waals surface area contributed by atoms with Crippen LogP contribution in [-0.2, 0) is 11.3 Å². The van der Waals surface area contributed by atoms with Crippen molar-refractivity contribution >= 4 is 23.5 Å². The number of anilines is 1. The van der Waals surface area contributed by atoms with Gasteiger partial charge in [0.1, 0.15) is 17.6 Å². The highest BCUT2D eigenvalue weighted by Gasteiger charge is 2.38. The number of hydrogen-bond acceptors (Lipinski definition) is 5. The third kappa shape index (κ3) is 4.78. The van der Waals surface area contributed by atoms with Crippen LogP contribution < -0.4 is 5.32 Å². The zero-order valence-electron chi connectivity index (χ0n) is 20.6. The molecule has 2 amide bonds. The fourth-order valence-corrected chi connectivity index (χ4v) is 4.58. The number of rotatable bonds is 7. The van der Waals surface area contributed by atoms with Gasteiger partial charge in [0.25, 0.3) is 11.8 Å². The van der Waals surface area contributed by atoms with Crippen LogP contribution in [-0.4, -0.2) is 39.0 Å². The Bertz CT molecular complexity index is 1530. The number of carbonyl (C=O) groups is 3. The van der Waals surface area contributed by atoms with Crippen LogP contribution >= 0.6 is 0 Å². The quantitative estimate of drug-likeness (QED) is 0.339. The Morgan fingerprint density at radius 1 is 0.974 bits per heavy atom. The van der Waals surface area contributed by atoms with Gasteiger partial charge in [0.2, 0.25) is 5.76 Å². The number of fused-ring (bicyclic) bond motifs is 1. The highest BCUT2D eigenvalue weighted by molar-refractivity contribution is 6.03. The first-order chi connectivity index (χ1) is 18.2. The summed E-state index contributed by atoms with van der Waals surface area (Å²) in [5.74, 6) is -2.38. The molecule has 1 aromatic heterocycles. The zero-order chi connectivity index (χ0) is 27.0. The van der Waals surface area contributed by atoms with Crippen LogP contribution in [0.3, 0.4) is 0 Å². The number of aromatic nitrogens is 1. The van der Waals surface area contributed by atoms with E-state index in [1.165, 1.54) is 23.1 Å². The molecular weight excluding hydrogens is 489 g/mol. The van der Waals surface area contributed by atoms with E-state index in [4.69, 9.17) is 4.52 Å². The molecule has 38 heavy (non-hydrogen) atoms. The molecule has 1 atom stereocenters. The molecule has 4 aromatic rings. The average molecular weight is 514 g/mol. The minimum absolute atomic E-state index is 0.0103. The first kappa shape index (κ1) is 24.9. The van der Waals surface area contributed by atoms with E-state index in [-0.39, 0.29) is 29.9 Å². The standard InChI is InChI=1S/C29H24FN3O5/c1-16(2)26(29(36)37)33-15-20-4-3-19(13-23(20)28(33)35)17-7-11-22(12-8-17)31-27(34)25-14-24(32-38-25)18-5-9-21(30)10-6-18/h3-14,16,26H,15H2,1-2H3,(H,31,34)(H,36,37). The normalized spacial score (nSPS) is 13.5. The Hall–Kier alpha value is -4.79. The van der Waals surface area contributed by atoms with Gasteiger partial charge >= 0.3 is 5.97 Å². The number of aliphatic carboxylic acids is 1. The van der Waals surface area contributed by atoms with Gasteiger partial charge in [0.05, 0.1) is 0 Å². The van der Waals surface area contributed by atoms with E-state index in [2.05, 4.69) is 10.5 Å². The van der Waals surface area contributed by atoms with Crippen molar-refractivity contribution in [1.29, 1.82) is 0 Å². The monoisotopic (exact) mass is 513 g/mol. The van der Waals surface area contributed by atoms with Gasteiger partial charge in [0.15, 0.2) is 0 Å². The topological polar surface area (TPSA) is 113 Å². The van der Waals surface area contributed by atoms with Crippen LogP contribution in [0, 0.1) is 11.7 Å². The third-order valence-corrected chi connectivity index (χ3v) is 6.51. The average Bonchev–Trinajstić information content (AvgIpc) is 3.50. The minimum Gasteiger partial charge on any atom is -0.480 e. The molecule has 3 aromatic carbocycles. The molecule has 1 unspecified atom stereocenters. The Balaban J connectivity index is 1.29. The zero-order valence-corrected chi connectivity index (χ0v) is 20.6. The van der Waals surface area contributed by atoms with Gasteiger partial charge in [-0.1, -0.05) is 43.3 Å². The van der Waals surface area contributed by atoms with Gasteiger partial charge < -0.3 is 19.8 Å². The Morgan fingerprint density at radius 2 is 1.63 bits per heavy atom. The second-order valence-electron chi connectivity index (χ2n) is 9.45. The van der Waals surface area contributed by atoms with E-state index in [1.54, 1.807) is 44.2 Å². The summed E-state index contributed by atoms with van der Waals surface area (Å²) in [6, 6.07) is 18.9. The van der Waals surface area contributed by atoms with Crippen molar-refractivity contribution in [2.45, 2.75) is 26.4 Å². The van der Waals surface area contributed by atoms with E-state index >= 15 is 0 Å². The summed E-state index contributed by atoms with van der Waals surface area (Å²) in [5, 5.41) is 16.2. The summed E-state index contributed by atoms with van der Waals surface area (Å²) in [6.45, 7) is 3.83. The molecule has 0 bridgehead atoms. The predicted molar refractivity (Wildman–Crippen MR) is 138 cm³/mol. The molecule has 0 saturated carbocycles. The maximum absolute atomic E-state index is 13.1. The first-order valence-electron chi connectivity index (χ1n) is 12.0. The summed E-state index contributed by atoms with van der Waals surface area (Å²) in [4.78, 5) is 38.8. The summed E-state index contributed by atoms with van der Waals surface area (Å²) >= 11 is 0. The van der Waals surface area contributed by atoms with Crippen molar-refractivity contribution in [3.8, 4) is 22.4 Å². The molecule has 192 valence electrons. The number of halogens is 1. The predicted octanol–water partition coefficient (Wildman–Crippen LogP) is 5.47. The molecule has 2 heterocycles. The summed E-state index contributed by atoms with van der Waals surface area (Å²) in [5.41, 5.74) is 4.48.